The Bertz CT molecular complexity index is 885. The van der Waals surface area contributed by atoms with E-state index in [-0.39, 0.29) is 17.7 Å². The highest BCUT2D eigenvalue weighted by Crippen LogP contribution is 2.34. The standard InChI is InChI=1S/C16H15N5O3S/c1-10-4-5-13(24-10)11-7-12(14-3-2-6-23-14)21(20-11)15(22)8-25-16-17-9-18-19-16/h2-6,9,12H,7-8H2,1H3,(H,17,18,19)/t12-/m1/s1. The number of furan rings is 2. The maximum Gasteiger partial charge on any atom is 0.253 e. The summed E-state index contributed by atoms with van der Waals surface area (Å²) in [5, 5.41) is 13.0. The molecule has 0 aliphatic carbocycles. The van der Waals surface area contributed by atoms with Gasteiger partial charge >= 0.3 is 0 Å². The Morgan fingerprint density at radius 3 is 3.04 bits per heavy atom. The van der Waals surface area contributed by atoms with Crippen LogP contribution < -0.4 is 0 Å². The van der Waals surface area contributed by atoms with Crippen molar-refractivity contribution in [2.24, 2.45) is 5.10 Å². The molecule has 1 aliphatic heterocycles. The summed E-state index contributed by atoms with van der Waals surface area (Å²) >= 11 is 1.28. The monoisotopic (exact) mass is 357 g/mol. The fraction of sp³-hybridized carbons (Fsp3) is 0.250. The minimum absolute atomic E-state index is 0.138. The van der Waals surface area contributed by atoms with Gasteiger partial charge in [-0.05, 0) is 31.2 Å². The van der Waals surface area contributed by atoms with Crippen LogP contribution in [0.4, 0.5) is 0 Å². The number of amides is 1. The summed E-state index contributed by atoms with van der Waals surface area (Å²) < 4.78 is 11.2. The first-order valence-corrected chi connectivity index (χ1v) is 8.67. The van der Waals surface area contributed by atoms with Crippen LogP contribution in [0, 0.1) is 6.92 Å². The summed E-state index contributed by atoms with van der Waals surface area (Å²) in [6.45, 7) is 1.87. The molecule has 128 valence electrons. The molecule has 1 atom stereocenters. The zero-order chi connectivity index (χ0) is 17.2. The van der Waals surface area contributed by atoms with Gasteiger partial charge in [-0.15, -0.1) is 0 Å². The second-order valence-electron chi connectivity index (χ2n) is 5.51. The summed E-state index contributed by atoms with van der Waals surface area (Å²) in [6, 6.07) is 7.11. The van der Waals surface area contributed by atoms with E-state index < -0.39 is 0 Å². The molecule has 0 unspecified atom stereocenters. The zero-order valence-electron chi connectivity index (χ0n) is 13.4. The third kappa shape index (κ3) is 3.22. The molecule has 4 heterocycles. The molecule has 0 saturated carbocycles. The van der Waals surface area contributed by atoms with Gasteiger partial charge < -0.3 is 8.83 Å². The first-order chi connectivity index (χ1) is 12.2. The van der Waals surface area contributed by atoms with E-state index in [1.807, 2.05) is 25.1 Å². The molecule has 1 amide bonds. The SMILES string of the molecule is Cc1ccc(C2=NN(C(=O)CSc3ncn[nH]3)[C@@H](c3ccco3)C2)o1. The van der Waals surface area contributed by atoms with E-state index in [9.17, 15) is 4.79 Å². The molecule has 4 rings (SSSR count). The number of rotatable bonds is 5. The van der Waals surface area contributed by atoms with Crippen molar-refractivity contribution in [2.75, 3.05) is 5.75 Å². The maximum absolute atomic E-state index is 12.7. The molecule has 9 heteroatoms. The Morgan fingerprint density at radius 1 is 1.44 bits per heavy atom. The Kier molecular flexibility index (Phi) is 4.14. The normalized spacial score (nSPS) is 17.1. The van der Waals surface area contributed by atoms with Gasteiger partial charge in [0.25, 0.3) is 5.91 Å². The molecule has 3 aromatic rings. The summed E-state index contributed by atoms with van der Waals surface area (Å²) in [5.74, 6) is 2.23. The number of nitrogens with zero attached hydrogens (tertiary/aromatic N) is 4. The number of aromatic amines is 1. The smallest absolute Gasteiger partial charge is 0.253 e. The van der Waals surface area contributed by atoms with Gasteiger partial charge in [0.15, 0.2) is 5.16 Å². The van der Waals surface area contributed by atoms with E-state index in [0.29, 0.717) is 23.1 Å². The maximum atomic E-state index is 12.7. The second kappa shape index (κ2) is 6.60. The number of carbonyl (C=O) groups is 1. The number of H-pyrrole nitrogens is 1. The molecular weight excluding hydrogens is 342 g/mol. The lowest BCUT2D eigenvalue weighted by molar-refractivity contribution is -0.130. The van der Waals surface area contributed by atoms with Crippen molar-refractivity contribution < 1.29 is 13.6 Å². The van der Waals surface area contributed by atoms with Crippen LogP contribution in [0.5, 0.6) is 0 Å². The summed E-state index contributed by atoms with van der Waals surface area (Å²) in [7, 11) is 0. The van der Waals surface area contributed by atoms with Crippen molar-refractivity contribution in [1.29, 1.82) is 0 Å². The van der Waals surface area contributed by atoms with Crippen molar-refractivity contribution in [3.8, 4) is 0 Å². The number of thioether (sulfide) groups is 1. The van der Waals surface area contributed by atoms with E-state index in [1.54, 1.807) is 12.3 Å². The van der Waals surface area contributed by atoms with Crippen molar-refractivity contribution in [1.82, 2.24) is 20.2 Å². The molecule has 0 spiro atoms. The molecule has 0 bridgehead atoms. The topological polar surface area (TPSA) is 101 Å². The molecule has 25 heavy (non-hydrogen) atoms. The molecule has 0 radical (unpaired) electrons. The van der Waals surface area contributed by atoms with E-state index in [1.165, 1.54) is 23.1 Å². The second-order valence-corrected chi connectivity index (χ2v) is 6.47. The summed E-state index contributed by atoms with van der Waals surface area (Å²) in [5.41, 5.74) is 0.729. The average Bonchev–Trinajstić information content (AvgIpc) is 3.38. The van der Waals surface area contributed by atoms with Gasteiger partial charge in [-0.25, -0.2) is 9.99 Å². The molecule has 0 aromatic carbocycles. The fourth-order valence-corrected chi connectivity index (χ4v) is 3.27. The van der Waals surface area contributed by atoms with Gasteiger partial charge in [-0.2, -0.15) is 10.2 Å². The van der Waals surface area contributed by atoms with Crippen LogP contribution in [0.3, 0.4) is 0 Å². The largest absolute Gasteiger partial charge is 0.467 e. The predicted octanol–water partition coefficient (Wildman–Crippen LogP) is 2.77. The van der Waals surface area contributed by atoms with Gasteiger partial charge in [0, 0.05) is 6.42 Å². The highest BCUT2D eigenvalue weighted by atomic mass is 32.2. The van der Waals surface area contributed by atoms with Crippen LogP contribution in [-0.4, -0.2) is 37.6 Å². The van der Waals surface area contributed by atoms with E-state index >= 15 is 0 Å². The average molecular weight is 357 g/mol. The van der Waals surface area contributed by atoms with Crippen LogP contribution in [0.25, 0.3) is 0 Å². The van der Waals surface area contributed by atoms with Crippen LogP contribution in [0.15, 0.2) is 55.9 Å². The molecule has 0 saturated heterocycles. The lowest BCUT2D eigenvalue weighted by Gasteiger charge is -2.19. The molecule has 0 fully saturated rings. The van der Waals surface area contributed by atoms with Crippen LogP contribution in [0.1, 0.15) is 29.7 Å². The van der Waals surface area contributed by atoms with Crippen molar-refractivity contribution >= 4 is 23.4 Å². The van der Waals surface area contributed by atoms with Gasteiger partial charge in [0.05, 0.1) is 12.0 Å². The van der Waals surface area contributed by atoms with Gasteiger partial charge in [0.2, 0.25) is 0 Å². The highest BCUT2D eigenvalue weighted by molar-refractivity contribution is 7.99. The predicted molar refractivity (Wildman–Crippen MR) is 90.0 cm³/mol. The first-order valence-electron chi connectivity index (χ1n) is 7.68. The number of aryl methyl sites for hydroxylation is 1. The van der Waals surface area contributed by atoms with Crippen molar-refractivity contribution in [2.45, 2.75) is 24.5 Å². The molecule has 8 nitrogen and oxygen atoms in total. The number of hydrogen-bond donors (Lipinski definition) is 1. The third-order valence-corrected chi connectivity index (χ3v) is 4.65. The third-order valence-electron chi connectivity index (χ3n) is 3.79. The number of carbonyl (C=O) groups excluding carboxylic acids is 1. The van der Waals surface area contributed by atoms with Gasteiger partial charge in [-0.3, -0.25) is 9.89 Å². The quantitative estimate of drug-likeness (QED) is 0.705. The molecule has 3 aromatic heterocycles. The van der Waals surface area contributed by atoms with Gasteiger partial charge in [-0.1, -0.05) is 11.8 Å². The van der Waals surface area contributed by atoms with Crippen molar-refractivity contribution in [3.05, 3.63) is 54.1 Å². The minimum Gasteiger partial charge on any atom is -0.467 e. The highest BCUT2D eigenvalue weighted by Gasteiger charge is 2.35. The van der Waals surface area contributed by atoms with E-state index in [2.05, 4.69) is 20.3 Å². The lowest BCUT2D eigenvalue weighted by Crippen LogP contribution is -2.28. The molecule has 1 N–H and O–H groups in total. The summed E-state index contributed by atoms with van der Waals surface area (Å²) in [4.78, 5) is 16.7. The number of hydrogen-bond acceptors (Lipinski definition) is 7. The lowest BCUT2D eigenvalue weighted by atomic mass is 10.1. The Balaban J connectivity index is 1.56. The Morgan fingerprint density at radius 2 is 2.36 bits per heavy atom. The van der Waals surface area contributed by atoms with Crippen molar-refractivity contribution in [3.63, 3.8) is 0 Å². The number of nitrogens with one attached hydrogen (secondary N) is 1. The van der Waals surface area contributed by atoms with Crippen LogP contribution in [-0.2, 0) is 4.79 Å². The zero-order valence-corrected chi connectivity index (χ0v) is 14.2. The van der Waals surface area contributed by atoms with E-state index in [0.717, 1.165) is 11.5 Å². The Labute approximate surface area is 147 Å². The molecular formula is C16H15N5O3S. The van der Waals surface area contributed by atoms with Gasteiger partial charge in [0.1, 0.15) is 35.4 Å². The van der Waals surface area contributed by atoms with E-state index in [4.69, 9.17) is 8.83 Å². The summed E-state index contributed by atoms with van der Waals surface area (Å²) in [6.07, 6.45) is 3.54. The first kappa shape index (κ1) is 15.7. The Hall–Kier alpha value is -2.81. The fourth-order valence-electron chi connectivity index (χ4n) is 2.64. The van der Waals surface area contributed by atoms with Crippen LogP contribution in [0.2, 0.25) is 0 Å². The molecule has 1 aliphatic rings. The minimum atomic E-state index is -0.279. The number of aromatic nitrogens is 3. The number of hydrazone groups is 1. The van der Waals surface area contributed by atoms with Crippen LogP contribution >= 0.6 is 11.8 Å².